The van der Waals surface area contributed by atoms with E-state index >= 15 is 0 Å². The van der Waals surface area contributed by atoms with Gasteiger partial charge in [-0.25, -0.2) is 0 Å². The van der Waals surface area contributed by atoms with Crippen molar-refractivity contribution in [2.45, 2.75) is 26.2 Å². The van der Waals surface area contributed by atoms with E-state index in [1.807, 2.05) is 36.4 Å². The Kier molecular flexibility index (Phi) is 6.68. The van der Waals surface area contributed by atoms with Crippen molar-refractivity contribution in [3.8, 4) is 11.3 Å². The summed E-state index contributed by atoms with van der Waals surface area (Å²) in [5, 5.41) is 12.4. The molecule has 0 bridgehead atoms. The van der Waals surface area contributed by atoms with Crippen LogP contribution < -0.4 is 15.1 Å². The Balaban J connectivity index is 1.19. The molecule has 1 aromatic heterocycles. The zero-order valence-corrected chi connectivity index (χ0v) is 20.4. The highest BCUT2D eigenvalue weighted by molar-refractivity contribution is 6.30. The second kappa shape index (κ2) is 10.0. The van der Waals surface area contributed by atoms with E-state index in [0.717, 1.165) is 41.8 Å². The largest absolute Gasteiger partial charge is 0.355 e. The van der Waals surface area contributed by atoms with E-state index in [1.54, 1.807) is 29.2 Å². The number of amides is 2. The topological polar surface area (TPSA) is 78.4 Å². The van der Waals surface area contributed by atoms with E-state index < -0.39 is 5.92 Å². The molecule has 2 fully saturated rings. The first-order valence-electron chi connectivity index (χ1n) is 12.0. The Hall–Kier alpha value is -3.45. The quantitative estimate of drug-likeness (QED) is 0.544. The summed E-state index contributed by atoms with van der Waals surface area (Å²) in [6.07, 6.45) is 2.56. The van der Waals surface area contributed by atoms with Crippen LogP contribution in [0.1, 0.15) is 26.2 Å². The van der Waals surface area contributed by atoms with Gasteiger partial charge in [0.1, 0.15) is 0 Å². The first-order valence-corrected chi connectivity index (χ1v) is 12.4. The number of rotatable bonds is 5. The normalized spacial score (nSPS) is 18.7. The minimum Gasteiger partial charge on any atom is -0.355 e. The van der Waals surface area contributed by atoms with E-state index in [0.29, 0.717) is 17.3 Å². The fourth-order valence-corrected chi connectivity index (χ4v) is 4.73. The Bertz CT molecular complexity index is 1190. The molecule has 8 heteroatoms. The van der Waals surface area contributed by atoms with Gasteiger partial charge in [0.25, 0.3) is 0 Å². The molecule has 0 saturated carbocycles. The summed E-state index contributed by atoms with van der Waals surface area (Å²) in [6, 6.07) is 18.6. The zero-order chi connectivity index (χ0) is 24.4. The molecule has 2 aliphatic rings. The van der Waals surface area contributed by atoms with Gasteiger partial charge in [-0.3, -0.25) is 9.59 Å². The molecule has 7 nitrogen and oxygen atoms in total. The molecule has 0 spiro atoms. The number of carbonyl (C=O) groups is 2. The summed E-state index contributed by atoms with van der Waals surface area (Å²) >= 11 is 5.94. The van der Waals surface area contributed by atoms with Gasteiger partial charge in [-0.15, -0.1) is 10.2 Å². The predicted molar refractivity (Wildman–Crippen MR) is 139 cm³/mol. The Labute approximate surface area is 210 Å². The molecular formula is C27H28ClN5O2. The van der Waals surface area contributed by atoms with Gasteiger partial charge in [-0.1, -0.05) is 30.7 Å². The maximum Gasteiger partial charge on any atom is 0.229 e. The van der Waals surface area contributed by atoms with Crippen LogP contribution in [0.25, 0.3) is 11.3 Å². The third kappa shape index (κ3) is 5.30. The molecule has 1 N–H and O–H groups in total. The average molecular weight is 490 g/mol. The first kappa shape index (κ1) is 23.3. The molecule has 2 aromatic carbocycles. The number of halogens is 1. The van der Waals surface area contributed by atoms with Gasteiger partial charge in [-0.05, 0) is 67.3 Å². The number of hydrogen-bond acceptors (Lipinski definition) is 5. The predicted octanol–water partition coefficient (Wildman–Crippen LogP) is 5.02. The van der Waals surface area contributed by atoms with Crippen LogP contribution >= 0.6 is 11.6 Å². The zero-order valence-electron chi connectivity index (χ0n) is 19.7. The van der Waals surface area contributed by atoms with Gasteiger partial charge in [0.15, 0.2) is 5.82 Å². The number of nitrogens with one attached hydrogen (secondary N) is 1. The number of hydrogen-bond donors (Lipinski definition) is 1. The summed E-state index contributed by atoms with van der Waals surface area (Å²) in [7, 11) is 0. The number of nitrogens with zero attached hydrogens (tertiary/aromatic N) is 4. The van der Waals surface area contributed by atoms with Crippen LogP contribution in [-0.4, -0.2) is 41.6 Å². The molecule has 0 radical (unpaired) electrons. The molecule has 0 aliphatic carbocycles. The number of piperidine rings is 1. The van der Waals surface area contributed by atoms with Crippen LogP contribution in [0.2, 0.25) is 5.02 Å². The maximum atomic E-state index is 12.8. The monoisotopic (exact) mass is 489 g/mol. The molecule has 180 valence electrons. The third-order valence-electron chi connectivity index (χ3n) is 6.84. The van der Waals surface area contributed by atoms with Crippen molar-refractivity contribution in [3.63, 3.8) is 0 Å². The lowest BCUT2D eigenvalue weighted by atomic mass is 9.99. The van der Waals surface area contributed by atoms with Crippen molar-refractivity contribution >= 4 is 40.6 Å². The van der Waals surface area contributed by atoms with E-state index in [1.165, 1.54) is 12.8 Å². The lowest BCUT2D eigenvalue weighted by Crippen LogP contribution is -2.33. The minimum absolute atomic E-state index is 0.0658. The molecule has 1 unspecified atom stereocenters. The summed E-state index contributed by atoms with van der Waals surface area (Å²) < 4.78 is 0. The summed E-state index contributed by atoms with van der Waals surface area (Å²) in [5.41, 5.74) is 3.15. The number of anilines is 3. The molecule has 2 saturated heterocycles. The number of carbonyl (C=O) groups excluding carboxylic acids is 2. The SMILES string of the molecule is CC1CCN(c2ccc(-c3ccc(NC(=O)C4CC(=O)N(c5ccc(Cl)cc5)C4)cc3)nn2)CC1. The van der Waals surface area contributed by atoms with Crippen molar-refractivity contribution in [2.24, 2.45) is 11.8 Å². The van der Waals surface area contributed by atoms with Crippen molar-refractivity contribution in [2.75, 3.05) is 34.8 Å². The van der Waals surface area contributed by atoms with Gasteiger partial charge >= 0.3 is 0 Å². The Morgan fingerprint density at radius 2 is 1.69 bits per heavy atom. The van der Waals surface area contributed by atoms with Crippen LogP contribution in [0.4, 0.5) is 17.2 Å². The smallest absolute Gasteiger partial charge is 0.229 e. The second-order valence-corrected chi connectivity index (χ2v) is 9.83. The van der Waals surface area contributed by atoms with Gasteiger partial charge in [0, 0.05) is 48.0 Å². The van der Waals surface area contributed by atoms with Crippen molar-refractivity contribution in [1.82, 2.24) is 10.2 Å². The average Bonchev–Trinajstić information content (AvgIpc) is 3.27. The van der Waals surface area contributed by atoms with Crippen molar-refractivity contribution in [1.29, 1.82) is 0 Å². The lowest BCUT2D eigenvalue weighted by Gasteiger charge is -2.30. The highest BCUT2D eigenvalue weighted by Crippen LogP contribution is 2.28. The van der Waals surface area contributed by atoms with E-state index in [2.05, 4.69) is 27.3 Å². The molecular weight excluding hydrogens is 462 g/mol. The number of benzene rings is 2. The lowest BCUT2D eigenvalue weighted by molar-refractivity contribution is -0.122. The van der Waals surface area contributed by atoms with Crippen LogP contribution in [-0.2, 0) is 9.59 Å². The Morgan fingerprint density at radius 1 is 0.971 bits per heavy atom. The first-order chi connectivity index (χ1) is 17.0. The minimum atomic E-state index is -0.408. The van der Waals surface area contributed by atoms with Crippen LogP contribution in [0.5, 0.6) is 0 Å². The fourth-order valence-electron chi connectivity index (χ4n) is 4.61. The fraction of sp³-hybridized carbons (Fsp3) is 0.333. The van der Waals surface area contributed by atoms with E-state index in [4.69, 9.17) is 11.6 Å². The molecule has 1 atom stereocenters. The van der Waals surface area contributed by atoms with E-state index in [9.17, 15) is 9.59 Å². The molecule has 35 heavy (non-hydrogen) atoms. The van der Waals surface area contributed by atoms with Crippen molar-refractivity contribution in [3.05, 3.63) is 65.7 Å². The molecule has 5 rings (SSSR count). The molecule has 3 aromatic rings. The van der Waals surface area contributed by atoms with Gasteiger partial charge in [-0.2, -0.15) is 0 Å². The van der Waals surface area contributed by atoms with Crippen LogP contribution in [0.3, 0.4) is 0 Å². The van der Waals surface area contributed by atoms with Crippen molar-refractivity contribution < 1.29 is 9.59 Å². The van der Waals surface area contributed by atoms with E-state index in [-0.39, 0.29) is 18.2 Å². The van der Waals surface area contributed by atoms with Gasteiger partial charge in [0.05, 0.1) is 11.6 Å². The molecule has 2 amide bonds. The standard InChI is InChI=1S/C27H28ClN5O2/c1-18-12-14-32(15-13-18)25-11-10-24(30-31-25)19-2-6-22(7-3-19)29-27(35)20-16-26(34)33(17-20)23-8-4-21(28)5-9-23/h2-11,18,20H,12-17H2,1H3,(H,29,35). The number of aromatic nitrogens is 2. The van der Waals surface area contributed by atoms with Crippen LogP contribution in [0, 0.1) is 11.8 Å². The van der Waals surface area contributed by atoms with Gasteiger partial charge in [0.2, 0.25) is 11.8 Å². The highest BCUT2D eigenvalue weighted by Gasteiger charge is 2.35. The van der Waals surface area contributed by atoms with Gasteiger partial charge < -0.3 is 15.1 Å². The third-order valence-corrected chi connectivity index (χ3v) is 7.09. The molecule has 3 heterocycles. The second-order valence-electron chi connectivity index (χ2n) is 9.39. The molecule has 2 aliphatic heterocycles. The summed E-state index contributed by atoms with van der Waals surface area (Å²) in [4.78, 5) is 29.2. The van der Waals surface area contributed by atoms with Crippen LogP contribution in [0.15, 0.2) is 60.7 Å². The summed E-state index contributed by atoms with van der Waals surface area (Å²) in [5.74, 6) is 1.05. The summed E-state index contributed by atoms with van der Waals surface area (Å²) in [6.45, 7) is 4.69. The highest BCUT2D eigenvalue weighted by atomic mass is 35.5. The maximum absolute atomic E-state index is 12.8. The Morgan fingerprint density at radius 3 is 2.34 bits per heavy atom.